The maximum atomic E-state index is 4.67. The van der Waals surface area contributed by atoms with Gasteiger partial charge < -0.3 is 0 Å². The van der Waals surface area contributed by atoms with Crippen LogP contribution in [0.25, 0.3) is 33.2 Å². The van der Waals surface area contributed by atoms with Gasteiger partial charge in [-0.25, -0.2) is 0 Å². The molecule has 0 spiro atoms. The van der Waals surface area contributed by atoms with Crippen LogP contribution in [-0.2, 0) is 0 Å². The molecule has 0 saturated carbocycles. The van der Waals surface area contributed by atoms with Crippen molar-refractivity contribution in [2.24, 2.45) is 10.3 Å². The van der Waals surface area contributed by atoms with E-state index in [4.69, 9.17) is 0 Å². The molecule has 0 unspecified atom stereocenters. The van der Waals surface area contributed by atoms with E-state index in [1.807, 2.05) is 29.1 Å². The zero-order chi connectivity index (χ0) is 22.0. The van der Waals surface area contributed by atoms with Crippen molar-refractivity contribution in [3.8, 4) is 22.4 Å². The van der Waals surface area contributed by atoms with Crippen molar-refractivity contribution >= 4 is 22.2 Å². The molecule has 0 atom stereocenters. The van der Waals surface area contributed by atoms with E-state index < -0.39 is 0 Å². The first-order valence-corrected chi connectivity index (χ1v) is 11.0. The molecule has 0 amide bonds. The largest absolute Gasteiger partial charge is 0.256 e. The van der Waals surface area contributed by atoms with E-state index in [-0.39, 0.29) is 0 Å². The van der Waals surface area contributed by atoms with Crippen molar-refractivity contribution in [2.75, 3.05) is 6.54 Å². The third kappa shape index (κ3) is 3.83. The van der Waals surface area contributed by atoms with Crippen LogP contribution >= 0.6 is 0 Å². The molecular weight excluding hydrogens is 404 g/mol. The molecule has 1 aliphatic heterocycles. The van der Waals surface area contributed by atoms with Gasteiger partial charge in [-0.1, -0.05) is 84.9 Å². The summed E-state index contributed by atoms with van der Waals surface area (Å²) >= 11 is 0. The smallest absolute Gasteiger partial charge is 0.231 e. The highest BCUT2D eigenvalue weighted by molar-refractivity contribution is 6.02. The fourth-order valence-corrected chi connectivity index (χ4v) is 4.18. The summed E-state index contributed by atoms with van der Waals surface area (Å²) in [4.78, 5) is 4.67. The van der Waals surface area contributed by atoms with Crippen molar-refractivity contribution in [1.29, 1.82) is 0 Å². The minimum absolute atomic E-state index is 0.632. The predicted molar refractivity (Wildman–Crippen MR) is 133 cm³/mol. The van der Waals surface area contributed by atoms with Crippen molar-refractivity contribution in [3.63, 3.8) is 0 Å². The Bertz CT molecular complexity index is 1530. The fraction of sp³-hybridized carbons (Fsp3) is 0.0345. The van der Waals surface area contributed by atoms with Crippen LogP contribution < -0.4 is 0 Å². The van der Waals surface area contributed by atoms with Crippen molar-refractivity contribution in [2.45, 2.75) is 0 Å². The van der Waals surface area contributed by atoms with Crippen LogP contribution in [0.2, 0.25) is 0 Å². The Labute approximate surface area is 192 Å². The van der Waals surface area contributed by atoms with Crippen molar-refractivity contribution in [3.05, 3.63) is 121 Å². The highest BCUT2D eigenvalue weighted by Gasteiger charge is 2.24. The predicted octanol–water partition coefficient (Wildman–Crippen LogP) is 7.08. The van der Waals surface area contributed by atoms with E-state index in [2.05, 4.69) is 106 Å². The lowest BCUT2D eigenvalue weighted by atomic mass is 10.0. The van der Waals surface area contributed by atoms with Crippen LogP contribution in [-0.4, -0.2) is 21.9 Å². The summed E-state index contributed by atoms with van der Waals surface area (Å²) in [6, 6.07) is 37.6. The first-order valence-electron chi connectivity index (χ1n) is 11.0. The molecular formula is C29H21N4+. The monoisotopic (exact) mass is 425 g/mol. The average molecular weight is 426 g/mol. The summed E-state index contributed by atoms with van der Waals surface area (Å²) in [7, 11) is 0. The van der Waals surface area contributed by atoms with Crippen molar-refractivity contribution in [1.82, 2.24) is 4.98 Å². The molecule has 5 aromatic rings. The molecule has 0 aliphatic carbocycles. The number of nitrogens with zero attached hydrogens (tertiary/aromatic N) is 4. The minimum atomic E-state index is 0.632. The van der Waals surface area contributed by atoms with Gasteiger partial charge in [0.1, 0.15) is 5.22 Å². The van der Waals surface area contributed by atoms with Crippen LogP contribution in [0.5, 0.6) is 0 Å². The molecule has 156 valence electrons. The van der Waals surface area contributed by atoms with Gasteiger partial charge in [-0.3, -0.25) is 4.98 Å². The van der Waals surface area contributed by atoms with Gasteiger partial charge in [-0.15, -0.1) is 4.70 Å². The zero-order valence-corrected chi connectivity index (χ0v) is 18.0. The summed E-state index contributed by atoms with van der Waals surface area (Å²) in [5.74, 6) is 0. The third-order valence-corrected chi connectivity index (χ3v) is 5.95. The van der Waals surface area contributed by atoms with Gasteiger partial charge in [0.25, 0.3) is 0 Å². The van der Waals surface area contributed by atoms with Crippen LogP contribution in [0, 0.1) is 0 Å². The molecule has 4 aromatic carbocycles. The number of fused-ring (bicyclic) bond motifs is 1. The van der Waals surface area contributed by atoms with Crippen molar-refractivity contribution < 1.29 is 4.70 Å². The summed E-state index contributed by atoms with van der Waals surface area (Å²) < 4.78 is 1.94. The SMILES string of the molecule is c1ccc(-c2cccc(C3=NN=[N+](c4cccc(-c5cc6ccccc6cn5)c4)C3)c2)cc1. The molecule has 0 fully saturated rings. The summed E-state index contributed by atoms with van der Waals surface area (Å²) in [5.41, 5.74) is 7.44. The molecule has 1 aliphatic rings. The summed E-state index contributed by atoms with van der Waals surface area (Å²) in [5, 5.41) is 11.3. The molecule has 0 bridgehead atoms. The molecule has 0 radical (unpaired) electrons. The Morgan fingerprint density at radius 2 is 1.30 bits per heavy atom. The normalized spacial score (nSPS) is 13.1. The van der Waals surface area contributed by atoms with E-state index >= 15 is 0 Å². The van der Waals surface area contributed by atoms with E-state index in [9.17, 15) is 0 Å². The summed E-state index contributed by atoms with van der Waals surface area (Å²) in [6.07, 6.45) is 1.93. The van der Waals surface area contributed by atoms with Gasteiger partial charge in [0.05, 0.1) is 10.8 Å². The molecule has 1 aromatic heterocycles. The van der Waals surface area contributed by atoms with Gasteiger partial charge >= 0.3 is 0 Å². The molecule has 33 heavy (non-hydrogen) atoms. The molecule has 4 nitrogen and oxygen atoms in total. The molecule has 0 N–H and O–H groups in total. The second-order valence-corrected chi connectivity index (χ2v) is 8.11. The maximum Gasteiger partial charge on any atom is 0.231 e. The quantitative estimate of drug-likeness (QED) is 0.284. The van der Waals surface area contributed by atoms with Crippen LogP contribution in [0.3, 0.4) is 0 Å². The average Bonchev–Trinajstić information content (AvgIpc) is 3.40. The van der Waals surface area contributed by atoms with Gasteiger partial charge in [-0.2, -0.15) is 0 Å². The van der Waals surface area contributed by atoms with Gasteiger partial charge in [0.2, 0.25) is 5.71 Å². The molecule has 2 heterocycles. The Balaban J connectivity index is 1.25. The number of rotatable bonds is 4. The Hall–Kier alpha value is -4.44. The van der Waals surface area contributed by atoms with E-state index in [1.54, 1.807) is 0 Å². The standard InChI is InChI=1S/C29H21N4/c1-2-8-21(9-3-1)22-12-6-13-24(16-22)29-20-33(32-31-29)27-15-7-14-25(17-27)28-18-23-10-4-5-11-26(23)19-30-28/h1-19H,20H2/q+1. The number of hydrogen-bond acceptors (Lipinski definition) is 3. The zero-order valence-electron chi connectivity index (χ0n) is 18.0. The maximum absolute atomic E-state index is 4.67. The van der Waals surface area contributed by atoms with Gasteiger partial charge in [-0.05, 0) is 40.8 Å². The van der Waals surface area contributed by atoms with Gasteiger partial charge in [0.15, 0.2) is 12.2 Å². The molecule has 0 saturated heterocycles. The highest BCUT2D eigenvalue weighted by Crippen LogP contribution is 2.27. The lowest BCUT2D eigenvalue weighted by molar-refractivity contribution is -0.492. The second-order valence-electron chi connectivity index (χ2n) is 8.11. The fourth-order valence-electron chi connectivity index (χ4n) is 4.18. The second kappa shape index (κ2) is 8.24. The van der Waals surface area contributed by atoms with E-state index in [0.29, 0.717) is 6.54 Å². The Kier molecular flexibility index (Phi) is 4.81. The first-order chi connectivity index (χ1) is 16.3. The lowest BCUT2D eigenvalue weighted by Crippen LogP contribution is -2.11. The van der Waals surface area contributed by atoms with E-state index in [1.165, 1.54) is 16.5 Å². The Morgan fingerprint density at radius 3 is 2.21 bits per heavy atom. The number of aromatic nitrogens is 1. The molecule has 6 rings (SSSR count). The van der Waals surface area contributed by atoms with Crippen LogP contribution in [0.15, 0.2) is 126 Å². The van der Waals surface area contributed by atoms with Crippen LogP contribution in [0.4, 0.5) is 5.69 Å². The number of hydrogen-bond donors (Lipinski definition) is 0. The van der Waals surface area contributed by atoms with E-state index in [0.717, 1.165) is 33.6 Å². The summed E-state index contributed by atoms with van der Waals surface area (Å²) in [6.45, 7) is 0.632. The topological polar surface area (TPSA) is 40.6 Å². The van der Waals surface area contributed by atoms with Crippen LogP contribution in [0.1, 0.15) is 5.56 Å². The highest BCUT2D eigenvalue weighted by atomic mass is 15.5. The number of benzene rings is 4. The number of pyridine rings is 1. The lowest BCUT2D eigenvalue weighted by Gasteiger charge is -2.05. The van der Waals surface area contributed by atoms with Gasteiger partial charge in [0, 0.05) is 22.7 Å². The minimum Gasteiger partial charge on any atom is -0.256 e. The molecule has 4 heteroatoms. The Morgan fingerprint density at radius 1 is 0.576 bits per heavy atom. The first kappa shape index (κ1) is 19.3. The third-order valence-electron chi connectivity index (χ3n) is 5.95.